The molecule has 0 saturated carbocycles. The first-order chi connectivity index (χ1) is 5.46. The molecule has 0 radical (unpaired) electrons. The first-order valence-corrected chi connectivity index (χ1v) is 5.70. The lowest BCUT2D eigenvalue weighted by molar-refractivity contribution is 1.09. The van der Waals surface area contributed by atoms with E-state index in [-0.39, 0.29) is 18.4 Å². The minimum atomic E-state index is 0.117. The highest BCUT2D eigenvalue weighted by molar-refractivity contribution is 7.34. The molecule has 6 heteroatoms. The van der Waals surface area contributed by atoms with Crippen molar-refractivity contribution in [3.8, 4) is 0 Å². The quantitative estimate of drug-likeness (QED) is 0.551. The summed E-state index contributed by atoms with van der Waals surface area (Å²) in [4.78, 5) is 0. The molecule has 0 aromatic carbocycles. The first-order valence-electron chi connectivity index (χ1n) is 4.39. The third kappa shape index (κ3) is 1.78. The molecule has 0 bridgehead atoms. The van der Waals surface area contributed by atoms with Gasteiger partial charge in [0.15, 0.2) is 0 Å². The summed E-state index contributed by atoms with van der Waals surface area (Å²) in [5, 5.41) is 0. The van der Waals surface area contributed by atoms with Gasteiger partial charge in [0.1, 0.15) is 0 Å². The van der Waals surface area contributed by atoms with E-state index in [4.69, 9.17) is 34.4 Å². The van der Waals surface area contributed by atoms with Gasteiger partial charge < -0.3 is 0 Å². The SMILES string of the molecule is CC1B(Cl)C(C)B(Cl)C(C)B1Cl. The second-order valence-electron chi connectivity index (χ2n) is 3.91. The molecule has 0 nitrogen and oxygen atoms in total. The van der Waals surface area contributed by atoms with Crippen LogP contribution in [0.1, 0.15) is 20.8 Å². The van der Waals surface area contributed by atoms with Gasteiger partial charge in [-0.1, -0.05) is 37.9 Å². The van der Waals surface area contributed by atoms with Gasteiger partial charge in [0, 0.05) is 0 Å². The molecular weight excluding hydrogens is 211 g/mol. The second kappa shape index (κ2) is 4.06. The lowest BCUT2D eigenvalue weighted by atomic mass is 9.17. The number of hydrogen-bond donors (Lipinski definition) is 0. The van der Waals surface area contributed by atoms with Crippen molar-refractivity contribution < 1.29 is 0 Å². The van der Waals surface area contributed by atoms with Gasteiger partial charge in [0.25, 0.3) is 0 Å². The summed E-state index contributed by atoms with van der Waals surface area (Å²) in [6, 6.07) is 0. The van der Waals surface area contributed by atoms with Gasteiger partial charge in [0.2, 0.25) is 18.4 Å². The average molecular weight is 223 g/mol. The molecule has 66 valence electrons. The Morgan fingerprint density at radius 2 is 0.833 bits per heavy atom. The molecule has 0 aliphatic carbocycles. The van der Waals surface area contributed by atoms with Crippen LogP contribution in [-0.2, 0) is 0 Å². The molecule has 1 saturated heterocycles. The lowest BCUT2D eigenvalue weighted by Gasteiger charge is -2.36. The average Bonchev–Trinajstić information content (AvgIpc) is 2.08. The van der Waals surface area contributed by atoms with Crippen LogP contribution >= 0.6 is 34.4 Å². The van der Waals surface area contributed by atoms with Crippen LogP contribution in [-0.4, -0.2) is 18.4 Å². The van der Waals surface area contributed by atoms with Crippen LogP contribution in [0.5, 0.6) is 0 Å². The summed E-state index contributed by atoms with van der Waals surface area (Å²) >= 11 is 18.6. The Hall–Kier alpha value is 1.06. The van der Waals surface area contributed by atoms with Crippen LogP contribution in [0.3, 0.4) is 0 Å². The number of halogens is 3. The Kier molecular flexibility index (Phi) is 3.77. The van der Waals surface area contributed by atoms with Crippen LogP contribution in [0.2, 0.25) is 17.1 Å². The zero-order valence-corrected chi connectivity index (χ0v) is 9.87. The topological polar surface area (TPSA) is 0 Å². The fourth-order valence-electron chi connectivity index (χ4n) is 1.96. The fourth-order valence-corrected chi connectivity index (χ4v) is 3.13. The van der Waals surface area contributed by atoms with Crippen molar-refractivity contribution in [1.29, 1.82) is 0 Å². The van der Waals surface area contributed by atoms with Crippen molar-refractivity contribution in [3.05, 3.63) is 0 Å². The molecule has 1 rings (SSSR count). The normalized spacial score (nSPS) is 37.5. The van der Waals surface area contributed by atoms with E-state index in [1.807, 2.05) is 0 Å². The van der Waals surface area contributed by atoms with Gasteiger partial charge >= 0.3 is 0 Å². The number of hydrogen-bond acceptors (Lipinski definition) is 0. The van der Waals surface area contributed by atoms with Crippen LogP contribution in [0.25, 0.3) is 0 Å². The lowest BCUT2D eigenvalue weighted by Crippen LogP contribution is -2.45. The maximum absolute atomic E-state index is 6.20. The molecule has 0 spiro atoms. The largest absolute Gasteiger partial charge is 0.244 e. The van der Waals surface area contributed by atoms with Gasteiger partial charge in [-0.05, 0) is 0 Å². The highest BCUT2D eigenvalue weighted by Gasteiger charge is 2.49. The van der Waals surface area contributed by atoms with Crippen LogP contribution in [0.15, 0.2) is 0 Å². The predicted molar refractivity (Wildman–Crippen MR) is 63.1 cm³/mol. The van der Waals surface area contributed by atoms with E-state index in [2.05, 4.69) is 20.8 Å². The first kappa shape index (κ1) is 11.1. The third-order valence-electron chi connectivity index (χ3n) is 3.01. The minimum absolute atomic E-state index is 0.117. The van der Waals surface area contributed by atoms with Gasteiger partial charge in [-0.25, -0.2) is 0 Å². The molecule has 12 heavy (non-hydrogen) atoms. The molecule has 0 aromatic rings. The summed E-state index contributed by atoms with van der Waals surface area (Å²) < 4.78 is 0. The maximum atomic E-state index is 6.20. The summed E-state index contributed by atoms with van der Waals surface area (Å²) in [5.41, 5.74) is 1.06. The molecular formula is C6H12B3Cl3. The zero-order valence-electron chi connectivity index (χ0n) is 7.60. The van der Waals surface area contributed by atoms with Gasteiger partial charge in [-0.15, -0.1) is 0 Å². The predicted octanol–water partition coefficient (Wildman–Crippen LogP) is 3.48. The molecule has 0 atom stereocenters. The Morgan fingerprint density at radius 1 is 0.667 bits per heavy atom. The van der Waals surface area contributed by atoms with Crippen LogP contribution < -0.4 is 0 Å². The second-order valence-corrected chi connectivity index (χ2v) is 5.42. The monoisotopic (exact) mass is 222 g/mol. The molecule has 0 aromatic heterocycles. The van der Waals surface area contributed by atoms with E-state index in [1.165, 1.54) is 0 Å². The van der Waals surface area contributed by atoms with Crippen molar-refractivity contribution >= 4 is 52.8 Å². The zero-order chi connectivity index (χ0) is 9.46. The van der Waals surface area contributed by atoms with E-state index >= 15 is 0 Å². The van der Waals surface area contributed by atoms with Gasteiger partial charge in [0.05, 0.1) is 0 Å². The van der Waals surface area contributed by atoms with Gasteiger partial charge in [-0.2, -0.15) is 34.4 Å². The Morgan fingerprint density at radius 3 is 1.00 bits per heavy atom. The third-order valence-corrected chi connectivity index (χ3v) is 5.40. The molecule has 1 fully saturated rings. The molecule has 0 unspecified atom stereocenters. The van der Waals surface area contributed by atoms with Crippen molar-refractivity contribution in [2.75, 3.05) is 0 Å². The van der Waals surface area contributed by atoms with Crippen LogP contribution in [0.4, 0.5) is 0 Å². The Bertz CT molecular complexity index is 110. The van der Waals surface area contributed by atoms with Gasteiger partial charge in [-0.3, -0.25) is 0 Å². The van der Waals surface area contributed by atoms with E-state index in [9.17, 15) is 0 Å². The molecule has 0 N–H and O–H groups in total. The highest BCUT2D eigenvalue weighted by Crippen LogP contribution is 2.44. The molecule has 1 heterocycles. The summed E-state index contributed by atoms with van der Waals surface area (Å²) in [7, 11) is 0. The Labute approximate surface area is 90.7 Å². The van der Waals surface area contributed by atoms with Crippen molar-refractivity contribution in [3.63, 3.8) is 0 Å². The minimum Gasteiger partial charge on any atom is -0.197 e. The molecule has 1 aliphatic rings. The smallest absolute Gasteiger partial charge is 0.197 e. The Balaban J connectivity index is 2.76. The van der Waals surface area contributed by atoms with Crippen LogP contribution in [0, 0.1) is 0 Å². The summed E-state index contributed by atoms with van der Waals surface area (Å²) in [6.45, 7) is 6.31. The van der Waals surface area contributed by atoms with Crippen molar-refractivity contribution in [2.24, 2.45) is 0 Å². The summed E-state index contributed by atoms with van der Waals surface area (Å²) in [6.07, 6.45) is 0.351. The maximum Gasteiger partial charge on any atom is 0.244 e. The number of rotatable bonds is 0. The summed E-state index contributed by atoms with van der Waals surface area (Å²) in [5.74, 6) is 0. The van der Waals surface area contributed by atoms with E-state index < -0.39 is 0 Å². The molecule has 0 amide bonds. The van der Waals surface area contributed by atoms with Crippen molar-refractivity contribution in [2.45, 2.75) is 37.9 Å². The van der Waals surface area contributed by atoms with Crippen molar-refractivity contribution in [1.82, 2.24) is 0 Å². The fraction of sp³-hybridized carbons (Fsp3) is 1.00. The molecule has 1 aliphatic heterocycles. The standard InChI is InChI=1S/C6H12B3Cl3/c1-4-7(10)5(2)9(12)6(3)8(4)11/h4-6H,1-3H3. The van der Waals surface area contributed by atoms with E-state index in [1.54, 1.807) is 0 Å². The van der Waals surface area contributed by atoms with E-state index in [0.29, 0.717) is 17.1 Å². The highest BCUT2D eigenvalue weighted by atomic mass is 35.5. The van der Waals surface area contributed by atoms with E-state index in [0.717, 1.165) is 0 Å².